The molecule has 3 rings (SSSR count). The number of hydrogen-bond donors (Lipinski definition) is 0. The molecule has 0 atom stereocenters. The molecule has 0 saturated carbocycles. The Morgan fingerprint density at radius 2 is 1.86 bits per heavy atom. The van der Waals surface area contributed by atoms with Crippen LogP contribution in [0.15, 0.2) is 47.4 Å². The smallest absolute Gasteiger partial charge is 0.342 e. The Morgan fingerprint density at radius 3 is 2.54 bits per heavy atom. The third-order valence-electron chi connectivity index (χ3n) is 4.62. The zero-order valence-electron chi connectivity index (χ0n) is 15.9. The summed E-state index contributed by atoms with van der Waals surface area (Å²) in [6.07, 6.45) is 0. The molecule has 0 N–H and O–H groups in total. The van der Waals surface area contributed by atoms with Gasteiger partial charge in [0.2, 0.25) is 10.0 Å². The van der Waals surface area contributed by atoms with E-state index in [2.05, 4.69) is 0 Å². The van der Waals surface area contributed by atoms with Crippen LogP contribution >= 0.6 is 0 Å². The van der Waals surface area contributed by atoms with Crippen molar-refractivity contribution in [1.29, 1.82) is 0 Å². The van der Waals surface area contributed by atoms with Crippen molar-refractivity contribution in [3.05, 3.63) is 59.2 Å². The maximum Gasteiger partial charge on any atom is 0.342 e. The van der Waals surface area contributed by atoms with Crippen LogP contribution in [0.3, 0.4) is 0 Å². The molecular weight excluding hydrogens is 382 g/mol. The molecule has 0 amide bonds. The molecule has 1 aliphatic rings. The van der Waals surface area contributed by atoms with Crippen LogP contribution in [-0.2, 0) is 26.1 Å². The fourth-order valence-electron chi connectivity index (χ4n) is 2.94. The van der Waals surface area contributed by atoms with Gasteiger partial charge in [-0.3, -0.25) is 0 Å². The highest BCUT2D eigenvalue weighted by Crippen LogP contribution is 2.26. The number of rotatable bonds is 6. The molecule has 150 valence electrons. The second kappa shape index (κ2) is 8.72. The standard InChI is InChI=1S/C20H23NO6S/c1-15-5-3-4-6-16(15)14-27-20(22)18-13-17(7-8-19(18)25-2)28(23,24)21-9-11-26-12-10-21/h3-8,13H,9-12,14H2,1-2H3. The first-order chi connectivity index (χ1) is 13.4. The lowest BCUT2D eigenvalue weighted by atomic mass is 10.1. The van der Waals surface area contributed by atoms with E-state index in [0.717, 1.165) is 11.1 Å². The minimum Gasteiger partial charge on any atom is -0.496 e. The Kier molecular flexibility index (Phi) is 6.33. The third-order valence-corrected chi connectivity index (χ3v) is 6.51. The number of carbonyl (C=O) groups excluding carboxylic acids is 1. The highest BCUT2D eigenvalue weighted by molar-refractivity contribution is 7.89. The lowest BCUT2D eigenvalue weighted by Crippen LogP contribution is -2.40. The van der Waals surface area contributed by atoms with Gasteiger partial charge in [0, 0.05) is 13.1 Å². The molecule has 0 spiro atoms. The zero-order chi connectivity index (χ0) is 20.1. The van der Waals surface area contributed by atoms with Crippen molar-refractivity contribution in [3.63, 3.8) is 0 Å². The van der Waals surface area contributed by atoms with Crippen LogP contribution in [0.4, 0.5) is 0 Å². The molecule has 7 nitrogen and oxygen atoms in total. The lowest BCUT2D eigenvalue weighted by Gasteiger charge is -2.26. The summed E-state index contributed by atoms with van der Waals surface area (Å²) in [6.45, 7) is 3.28. The maximum atomic E-state index is 12.9. The molecule has 1 heterocycles. The van der Waals surface area contributed by atoms with E-state index in [9.17, 15) is 13.2 Å². The van der Waals surface area contributed by atoms with Crippen molar-refractivity contribution in [1.82, 2.24) is 4.31 Å². The molecule has 0 unspecified atom stereocenters. The van der Waals surface area contributed by atoms with Crippen LogP contribution in [0, 0.1) is 6.92 Å². The average molecular weight is 405 g/mol. The Morgan fingerprint density at radius 1 is 1.14 bits per heavy atom. The minimum absolute atomic E-state index is 0.0260. The number of morpholine rings is 1. The van der Waals surface area contributed by atoms with Crippen molar-refractivity contribution in [2.24, 2.45) is 0 Å². The van der Waals surface area contributed by atoms with Crippen LogP contribution in [0.2, 0.25) is 0 Å². The van der Waals surface area contributed by atoms with E-state index >= 15 is 0 Å². The van der Waals surface area contributed by atoms with Crippen LogP contribution in [0.5, 0.6) is 5.75 Å². The van der Waals surface area contributed by atoms with Gasteiger partial charge in [-0.05, 0) is 36.2 Å². The summed E-state index contributed by atoms with van der Waals surface area (Å²) in [7, 11) is -2.31. The molecule has 1 fully saturated rings. The Balaban J connectivity index is 1.84. The number of aryl methyl sites for hydroxylation is 1. The molecule has 1 aliphatic heterocycles. The first kappa shape index (κ1) is 20.3. The fraction of sp³-hybridized carbons (Fsp3) is 0.350. The predicted octanol–water partition coefficient (Wildman–Crippen LogP) is 2.38. The van der Waals surface area contributed by atoms with E-state index in [1.54, 1.807) is 0 Å². The van der Waals surface area contributed by atoms with Crippen molar-refractivity contribution < 1.29 is 27.4 Å². The quantitative estimate of drug-likeness (QED) is 0.687. The Labute approximate surface area is 164 Å². The number of hydrogen-bond acceptors (Lipinski definition) is 6. The normalized spacial score (nSPS) is 15.2. The summed E-state index contributed by atoms with van der Waals surface area (Å²) < 4.78 is 42.9. The molecule has 2 aromatic carbocycles. The van der Waals surface area contributed by atoms with E-state index in [1.807, 2.05) is 31.2 Å². The molecular formula is C20H23NO6S. The van der Waals surface area contributed by atoms with Gasteiger partial charge in [0.05, 0.1) is 25.2 Å². The van der Waals surface area contributed by atoms with Gasteiger partial charge >= 0.3 is 5.97 Å². The van der Waals surface area contributed by atoms with E-state index in [0.29, 0.717) is 13.2 Å². The van der Waals surface area contributed by atoms with Crippen molar-refractivity contribution in [2.45, 2.75) is 18.4 Å². The topological polar surface area (TPSA) is 82.1 Å². The van der Waals surface area contributed by atoms with Crippen LogP contribution in [-0.4, -0.2) is 52.1 Å². The summed E-state index contributed by atoms with van der Waals surface area (Å²) in [6, 6.07) is 11.8. The SMILES string of the molecule is COc1ccc(S(=O)(=O)N2CCOCC2)cc1C(=O)OCc1ccccc1C. The van der Waals surface area contributed by atoms with Crippen molar-refractivity contribution in [2.75, 3.05) is 33.4 Å². The molecule has 0 aromatic heterocycles. The van der Waals surface area contributed by atoms with Gasteiger partial charge in [0.1, 0.15) is 17.9 Å². The van der Waals surface area contributed by atoms with Gasteiger partial charge < -0.3 is 14.2 Å². The highest BCUT2D eigenvalue weighted by atomic mass is 32.2. The first-order valence-corrected chi connectivity index (χ1v) is 10.3. The van der Waals surface area contributed by atoms with Gasteiger partial charge in [-0.25, -0.2) is 13.2 Å². The summed E-state index contributed by atoms with van der Waals surface area (Å²) >= 11 is 0. The molecule has 28 heavy (non-hydrogen) atoms. The van der Waals surface area contributed by atoms with Crippen molar-refractivity contribution >= 4 is 16.0 Å². The molecule has 8 heteroatoms. The number of sulfonamides is 1. The van der Waals surface area contributed by atoms with Gasteiger partial charge in [-0.2, -0.15) is 4.31 Å². The predicted molar refractivity (Wildman–Crippen MR) is 103 cm³/mol. The molecule has 0 aliphatic carbocycles. The molecule has 0 radical (unpaired) electrons. The first-order valence-electron chi connectivity index (χ1n) is 8.91. The van der Waals surface area contributed by atoms with Gasteiger partial charge in [-0.1, -0.05) is 24.3 Å². The summed E-state index contributed by atoms with van der Waals surface area (Å²) in [5, 5.41) is 0. The number of esters is 1. The monoisotopic (exact) mass is 405 g/mol. The highest BCUT2D eigenvalue weighted by Gasteiger charge is 2.28. The van der Waals surface area contributed by atoms with E-state index < -0.39 is 16.0 Å². The van der Waals surface area contributed by atoms with Gasteiger partial charge in [0.15, 0.2) is 0 Å². The fourth-order valence-corrected chi connectivity index (χ4v) is 4.37. The van der Waals surface area contributed by atoms with E-state index in [-0.39, 0.29) is 35.9 Å². The van der Waals surface area contributed by atoms with Crippen LogP contribution < -0.4 is 4.74 Å². The minimum atomic E-state index is -3.73. The zero-order valence-corrected chi connectivity index (χ0v) is 16.7. The Hall–Kier alpha value is -2.42. The summed E-state index contributed by atoms with van der Waals surface area (Å²) in [5.41, 5.74) is 1.96. The number of benzene rings is 2. The van der Waals surface area contributed by atoms with Gasteiger partial charge in [0.25, 0.3) is 0 Å². The second-order valence-corrected chi connectivity index (χ2v) is 8.32. The number of ether oxygens (including phenoxy) is 3. The summed E-state index contributed by atoms with van der Waals surface area (Å²) in [4.78, 5) is 12.7. The third kappa shape index (κ3) is 4.35. The van der Waals surface area contributed by atoms with Gasteiger partial charge in [-0.15, -0.1) is 0 Å². The number of methoxy groups -OCH3 is 1. The molecule has 1 saturated heterocycles. The van der Waals surface area contributed by atoms with Crippen LogP contribution in [0.1, 0.15) is 21.5 Å². The second-order valence-electron chi connectivity index (χ2n) is 6.38. The van der Waals surface area contributed by atoms with E-state index in [1.165, 1.54) is 29.6 Å². The molecule has 2 aromatic rings. The van der Waals surface area contributed by atoms with E-state index in [4.69, 9.17) is 14.2 Å². The summed E-state index contributed by atoms with van der Waals surface area (Å²) in [5.74, 6) is -0.380. The van der Waals surface area contributed by atoms with Crippen molar-refractivity contribution in [3.8, 4) is 5.75 Å². The lowest BCUT2D eigenvalue weighted by molar-refractivity contribution is 0.0468. The molecule has 0 bridgehead atoms. The van der Waals surface area contributed by atoms with Crippen LogP contribution in [0.25, 0.3) is 0 Å². The number of carbonyl (C=O) groups is 1. The largest absolute Gasteiger partial charge is 0.496 e. The maximum absolute atomic E-state index is 12.9. The Bertz CT molecular complexity index is 951. The average Bonchev–Trinajstić information content (AvgIpc) is 2.73. The number of nitrogens with zero attached hydrogens (tertiary/aromatic N) is 1.